The number of likely N-dealkylation sites (tertiary alicyclic amines) is 1. The highest BCUT2D eigenvalue weighted by atomic mass is 16.5. The average Bonchev–Trinajstić information content (AvgIpc) is 2.74. The van der Waals surface area contributed by atoms with E-state index in [2.05, 4.69) is 34.5 Å². The van der Waals surface area contributed by atoms with Crippen LogP contribution in [0.4, 0.5) is 0 Å². The van der Waals surface area contributed by atoms with Crippen molar-refractivity contribution < 1.29 is 14.3 Å². The quantitative estimate of drug-likeness (QED) is 0.755. The summed E-state index contributed by atoms with van der Waals surface area (Å²) in [6.45, 7) is 5.66. The van der Waals surface area contributed by atoms with Gasteiger partial charge in [0, 0.05) is 13.1 Å². The Morgan fingerprint density at radius 2 is 1.57 bits per heavy atom. The predicted octanol–water partition coefficient (Wildman–Crippen LogP) is 3.76. The second-order valence-electron chi connectivity index (χ2n) is 7.31. The molecule has 150 valence electrons. The van der Waals surface area contributed by atoms with Crippen LogP contribution in [0.3, 0.4) is 0 Å². The summed E-state index contributed by atoms with van der Waals surface area (Å²) in [5.74, 6) is 1.27. The molecule has 0 spiro atoms. The van der Waals surface area contributed by atoms with Crippen LogP contribution >= 0.6 is 0 Å². The highest BCUT2D eigenvalue weighted by Crippen LogP contribution is 2.18. The Morgan fingerprint density at radius 3 is 2.21 bits per heavy atom. The van der Waals surface area contributed by atoms with Gasteiger partial charge in [0.2, 0.25) is 0 Å². The number of ether oxygens (including phenoxy) is 2. The lowest BCUT2D eigenvalue weighted by atomic mass is 10.1. The standard InChI is InChI=1S/C23H30N2O3/c1-18(28-22-12-10-21(27-2)11-13-22)23(26)24-16-19-6-8-20(9-7-19)17-25-14-4-3-5-15-25/h6-13,18H,3-5,14-17H2,1-2H3,(H,24,26). The van der Waals surface area contributed by atoms with Gasteiger partial charge in [-0.15, -0.1) is 0 Å². The molecule has 1 heterocycles. The number of nitrogens with zero attached hydrogens (tertiary/aromatic N) is 1. The predicted molar refractivity (Wildman–Crippen MR) is 111 cm³/mol. The molecule has 3 rings (SSSR count). The summed E-state index contributed by atoms with van der Waals surface area (Å²) in [6, 6.07) is 15.7. The Balaban J connectivity index is 1.43. The second kappa shape index (κ2) is 10.1. The highest BCUT2D eigenvalue weighted by Gasteiger charge is 2.14. The number of benzene rings is 2. The van der Waals surface area contributed by atoms with Crippen LogP contribution in [-0.2, 0) is 17.9 Å². The molecule has 0 radical (unpaired) electrons. The fourth-order valence-corrected chi connectivity index (χ4v) is 3.38. The number of nitrogens with one attached hydrogen (secondary N) is 1. The van der Waals surface area contributed by atoms with E-state index < -0.39 is 6.10 Å². The summed E-state index contributed by atoms with van der Waals surface area (Å²) in [6.07, 6.45) is 3.41. The molecule has 2 aromatic carbocycles. The lowest BCUT2D eigenvalue weighted by Gasteiger charge is -2.26. The van der Waals surface area contributed by atoms with Gasteiger partial charge in [-0.2, -0.15) is 0 Å². The number of piperidine rings is 1. The van der Waals surface area contributed by atoms with Crippen LogP contribution in [0.1, 0.15) is 37.3 Å². The van der Waals surface area contributed by atoms with Crippen molar-refractivity contribution in [3.8, 4) is 11.5 Å². The molecular formula is C23H30N2O3. The first-order chi connectivity index (χ1) is 13.6. The average molecular weight is 383 g/mol. The first-order valence-electron chi connectivity index (χ1n) is 10.0. The summed E-state index contributed by atoms with van der Waals surface area (Å²) in [7, 11) is 1.62. The number of amides is 1. The van der Waals surface area contributed by atoms with Crippen molar-refractivity contribution in [2.75, 3.05) is 20.2 Å². The number of hydrogen-bond acceptors (Lipinski definition) is 4. The molecule has 1 amide bonds. The third-order valence-electron chi connectivity index (χ3n) is 5.09. The molecule has 1 fully saturated rings. The Bertz CT molecular complexity index is 737. The summed E-state index contributed by atoms with van der Waals surface area (Å²) < 4.78 is 10.8. The normalized spacial score (nSPS) is 15.6. The minimum atomic E-state index is -0.563. The van der Waals surface area contributed by atoms with E-state index >= 15 is 0 Å². The minimum Gasteiger partial charge on any atom is -0.497 e. The van der Waals surface area contributed by atoms with Crippen LogP contribution in [0.15, 0.2) is 48.5 Å². The molecule has 1 unspecified atom stereocenters. The third-order valence-corrected chi connectivity index (χ3v) is 5.09. The van der Waals surface area contributed by atoms with Crippen molar-refractivity contribution in [2.24, 2.45) is 0 Å². The van der Waals surface area contributed by atoms with E-state index in [4.69, 9.17) is 9.47 Å². The highest BCUT2D eigenvalue weighted by molar-refractivity contribution is 5.80. The summed E-state index contributed by atoms with van der Waals surface area (Å²) in [5, 5.41) is 2.94. The molecular weight excluding hydrogens is 352 g/mol. The minimum absolute atomic E-state index is 0.131. The molecule has 0 saturated carbocycles. The Labute approximate surface area is 167 Å². The van der Waals surface area contributed by atoms with Crippen molar-refractivity contribution in [2.45, 2.75) is 45.4 Å². The summed E-state index contributed by atoms with van der Waals surface area (Å²) >= 11 is 0. The molecule has 1 atom stereocenters. The molecule has 2 aromatic rings. The largest absolute Gasteiger partial charge is 0.497 e. The molecule has 1 aliphatic heterocycles. The zero-order valence-electron chi connectivity index (χ0n) is 16.8. The first kappa shape index (κ1) is 20.2. The summed E-state index contributed by atoms with van der Waals surface area (Å²) in [4.78, 5) is 14.8. The van der Waals surface area contributed by atoms with Gasteiger partial charge in [0.1, 0.15) is 11.5 Å². The molecule has 5 heteroatoms. The van der Waals surface area contributed by atoms with Crippen LogP contribution in [-0.4, -0.2) is 37.1 Å². The smallest absolute Gasteiger partial charge is 0.261 e. The Hall–Kier alpha value is -2.53. The van der Waals surface area contributed by atoms with Crippen molar-refractivity contribution in [1.82, 2.24) is 10.2 Å². The van der Waals surface area contributed by atoms with Gasteiger partial charge in [0.05, 0.1) is 7.11 Å². The number of hydrogen-bond donors (Lipinski definition) is 1. The van der Waals surface area contributed by atoms with Gasteiger partial charge in [0.15, 0.2) is 6.10 Å². The van der Waals surface area contributed by atoms with Gasteiger partial charge in [-0.1, -0.05) is 30.7 Å². The molecule has 1 N–H and O–H groups in total. The lowest BCUT2D eigenvalue weighted by Crippen LogP contribution is -2.35. The molecule has 5 nitrogen and oxygen atoms in total. The number of carbonyl (C=O) groups is 1. The zero-order valence-corrected chi connectivity index (χ0v) is 16.8. The first-order valence-corrected chi connectivity index (χ1v) is 10.0. The van der Waals surface area contributed by atoms with Crippen LogP contribution in [0.2, 0.25) is 0 Å². The maximum absolute atomic E-state index is 12.3. The fourth-order valence-electron chi connectivity index (χ4n) is 3.38. The van der Waals surface area contributed by atoms with E-state index in [-0.39, 0.29) is 5.91 Å². The van der Waals surface area contributed by atoms with Crippen molar-refractivity contribution in [3.05, 3.63) is 59.7 Å². The van der Waals surface area contributed by atoms with Gasteiger partial charge < -0.3 is 14.8 Å². The van der Waals surface area contributed by atoms with Crippen molar-refractivity contribution in [1.29, 1.82) is 0 Å². The van der Waals surface area contributed by atoms with Crippen molar-refractivity contribution in [3.63, 3.8) is 0 Å². The van der Waals surface area contributed by atoms with Crippen molar-refractivity contribution >= 4 is 5.91 Å². The van der Waals surface area contributed by atoms with E-state index in [0.29, 0.717) is 12.3 Å². The topological polar surface area (TPSA) is 50.8 Å². The van der Waals surface area contributed by atoms with Gasteiger partial charge in [-0.3, -0.25) is 9.69 Å². The fraction of sp³-hybridized carbons (Fsp3) is 0.435. The molecule has 1 aliphatic rings. The molecule has 1 saturated heterocycles. The number of methoxy groups -OCH3 is 1. The Kier molecular flexibility index (Phi) is 7.31. The number of carbonyl (C=O) groups excluding carboxylic acids is 1. The van der Waals surface area contributed by atoms with E-state index in [1.165, 1.54) is 37.9 Å². The lowest BCUT2D eigenvalue weighted by molar-refractivity contribution is -0.127. The monoisotopic (exact) mass is 382 g/mol. The molecule has 0 aromatic heterocycles. The Morgan fingerprint density at radius 1 is 0.964 bits per heavy atom. The van der Waals surface area contributed by atoms with E-state index in [0.717, 1.165) is 17.9 Å². The second-order valence-corrected chi connectivity index (χ2v) is 7.31. The molecule has 0 bridgehead atoms. The van der Waals surface area contributed by atoms with E-state index in [1.54, 1.807) is 26.2 Å². The summed E-state index contributed by atoms with van der Waals surface area (Å²) in [5.41, 5.74) is 2.42. The van der Waals surface area contributed by atoms with E-state index in [1.807, 2.05) is 12.1 Å². The third kappa shape index (κ3) is 5.99. The van der Waals surface area contributed by atoms with Gasteiger partial charge in [-0.05, 0) is 68.2 Å². The van der Waals surface area contributed by atoms with Crippen LogP contribution in [0, 0.1) is 0 Å². The maximum Gasteiger partial charge on any atom is 0.261 e. The van der Waals surface area contributed by atoms with Gasteiger partial charge in [-0.25, -0.2) is 0 Å². The molecule has 28 heavy (non-hydrogen) atoms. The zero-order chi connectivity index (χ0) is 19.8. The maximum atomic E-state index is 12.3. The van der Waals surface area contributed by atoms with Crippen LogP contribution in [0.5, 0.6) is 11.5 Å². The molecule has 0 aliphatic carbocycles. The van der Waals surface area contributed by atoms with E-state index in [9.17, 15) is 4.79 Å². The van der Waals surface area contributed by atoms with Crippen LogP contribution in [0.25, 0.3) is 0 Å². The number of rotatable bonds is 8. The van der Waals surface area contributed by atoms with Gasteiger partial charge in [0.25, 0.3) is 5.91 Å². The SMILES string of the molecule is COc1ccc(OC(C)C(=O)NCc2ccc(CN3CCCCC3)cc2)cc1. The van der Waals surface area contributed by atoms with Crippen LogP contribution < -0.4 is 14.8 Å². The van der Waals surface area contributed by atoms with Gasteiger partial charge >= 0.3 is 0 Å².